The SMILES string of the molecule is COCCCC(=O)Nc1cc(S(N)(=O)=O)ccc1C. The van der Waals surface area contributed by atoms with Crippen molar-refractivity contribution in [3.05, 3.63) is 23.8 Å². The quantitative estimate of drug-likeness (QED) is 0.762. The van der Waals surface area contributed by atoms with Crippen LogP contribution in [-0.2, 0) is 19.6 Å². The molecule has 6 nitrogen and oxygen atoms in total. The number of rotatable bonds is 6. The van der Waals surface area contributed by atoms with E-state index >= 15 is 0 Å². The molecule has 0 aliphatic rings. The third-order valence-corrected chi connectivity index (χ3v) is 3.47. The predicted octanol–water partition coefficient (Wildman–Crippen LogP) is 1.01. The lowest BCUT2D eigenvalue weighted by atomic mass is 10.2. The van der Waals surface area contributed by atoms with Crippen molar-refractivity contribution in [3.63, 3.8) is 0 Å². The number of benzene rings is 1. The number of methoxy groups -OCH3 is 1. The van der Waals surface area contributed by atoms with Crippen molar-refractivity contribution >= 4 is 21.6 Å². The van der Waals surface area contributed by atoms with Crippen LogP contribution in [-0.4, -0.2) is 28.0 Å². The van der Waals surface area contributed by atoms with Crippen molar-refractivity contribution in [2.24, 2.45) is 5.14 Å². The first kappa shape index (κ1) is 15.6. The summed E-state index contributed by atoms with van der Waals surface area (Å²) in [4.78, 5) is 11.6. The first-order valence-corrected chi connectivity index (χ1v) is 7.31. The Morgan fingerprint density at radius 3 is 2.68 bits per heavy atom. The molecule has 106 valence electrons. The Morgan fingerprint density at radius 1 is 1.42 bits per heavy atom. The minimum Gasteiger partial charge on any atom is -0.385 e. The zero-order chi connectivity index (χ0) is 14.5. The number of sulfonamides is 1. The topological polar surface area (TPSA) is 98.5 Å². The highest BCUT2D eigenvalue weighted by atomic mass is 32.2. The van der Waals surface area contributed by atoms with Crippen LogP contribution in [0.4, 0.5) is 5.69 Å². The van der Waals surface area contributed by atoms with Gasteiger partial charge in [0.05, 0.1) is 4.90 Å². The van der Waals surface area contributed by atoms with Crippen molar-refractivity contribution in [1.29, 1.82) is 0 Å². The van der Waals surface area contributed by atoms with E-state index in [0.717, 1.165) is 5.56 Å². The maximum Gasteiger partial charge on any atom is 0.238 e. The van der Waals surface area contributed by atoms with Gasteiger partial charge in [0.15, 0.2) is 0 Å². The van der Waals surface area contributed by atoms with Gasteiger partial charge in [-0.05, 0) is 31.0 Å². The maximum atomic E-state index is 11.7. The lowest BCUT2D eigenvalue weighted by molar-refractivity contribution is -0.116. The van der Waals surface area contributed by atoms with Crippen LogP contribution < -0.4 is 10.5 Å². The predicted molar refractivity (Wildman–Crippen MR) is 72.3 cm³/mol. The van der Waals surface area contributed by atoms with Gasteiger partial charge in [0.1, 0.15) is 0 Å². The highest BCUT2D eigenvalue weighted by Gasteiger charge is 2.11. The van der Waals surface area contributed by atoms with Gasteiger partial charge in [-0.1, -0.05) is 6.07 Å². The van der Waals surface area contributed by atoms with Crippen molar-refractivity contribution in [2.45, 2.75) is 24.7 Å². The van der Waals surface area contributed by atoms with Crippen molar-refractivity contribution in [3.8, 4) is 0 Å². The maximum absolute atomic E-state index is 11.7. The molecule has 1 rings (SSSR count). The lowest BCUT2D eigenvalue weighted by Gasteiger charge is -2.09. The monoisotopic (exact) mass is 286 g/mol. The van der Waals surface area contributed by atoms with Crippen molar-refractivity contribution in [1.82, 2.24) is 0 Å². The number of amides is 1. The molecule has 1 amide bonds. The Morgan fingerprint density at radius 2 is 2.11 bits per heavy atom. The van der Waals surface area contributed by atoms with E-state index in [1.54, 1.807) is 20.1 Å². The van der Waals surface area contributed by atoms with Gasteiger partial charge in [-0.3, -0.25) is 4.79 Å². The molecule has 0 saturated heterocycles. The van der Waals surface area contributed by atoms with Crippen LogP contribution in [0, 0.1) is 6.92 Å². The van der Waals surface area contributed by atoms with E-state index in [2.05, 4.69) is 5.32 Å². The fourth-order valence-corrected chi connectivity index (χ4v) is 2.04. The molecule has 3 N–H and O–H groups in total. The zero-order valence-electron chi connectivity index (χ0n) is 11.0. The van der Waals surface area contributed by atoms with Gasteiger partial charge >= 0.3 is 0 Å². The molecule has 1 aromatic carbocycles. The summed E-state index contributed by atoms with van der Waals surface area (Å²) >= 11 is 0. The number of anilines is 1. The third kappa shape index (κ3) is 4.98. The number of aryl methyl sites for hydroxylation is 1. The Kier molecular flexibility index (Phi) is 5.46. The summed E-state index contributed by atoms with van der Waals surface area (Å²) in [6.07, 6.45) is 0.920. The smallest absolute Gasteiger partial charge is 0.238 e. The molecule has 0 saturated carbocycles. The standard InChI is InChI=1S/C12H18N2O4S/c1-9-5-6-10(19(13,16)17)8-11(9)14-12(15)4-3-7-18-2/h5-6,8H,3-4,7H2,1-2H3,(H,14,15)(H2,13,16,17). The second kappa shape index (κ2) is 6.65. The number of hydrogen-bond acceptors (Lipinski definition) is 4. The zero-order valence-corrected chi connectivity index (χ0v) is 11.8. The fourth-order valence-electron chi connectivity index (χ4n) is 1.50. The van der Waals surface area contributed by atoms with Crippen LogP contribution in [0.5, 0.6) is 0 Å². The van der Waals surface area contributed by atoms with E-state index in [1.807, 2.05) is 0 Å². The summed E-state index contributed by atoms with van der Waals surface area (Å²) in [6.45, 7) is 2.28. The van der Waals surface area contributed by atoms with Crippen LogP contribution >= 0.6 is 0 Å². The molecule has 0 radical (unpaired) electrons. The van der Waals surface area contributed by atoms with Gasteiger partial charge < -0.3 is 10.1 Å². The van der Waals surface area contributed by atoms with Gasteiger partial charge in [0, 0.05) is 25.8 Å². The second-order valence-electron chi connectivity index (χ2n) is 4.17. The van der Waals surface area contributed by atoms with Crippen molar-refractivity contribution in [2.75, 3.05) is 19.0 Å². The van der Waals surface area contributed by atoms with E-state index in [-0.39, 0.29) is 10.8 Å². The molecule has 0 fully saturated rings. The van der Waals surface area contributed by atoms with Crippen LogP contribution in [0.3, 0.4) is 0 Å². The van der Waals surface area contributed by atoms with Crippen LogP contribution in [0.15, 0.2) is 23.1 Å². The van der Waals surface area contributed by atoms with Crippen LogP contribution in [0.25, 0.3) is 0 Å². The molecule has 0 aliphatic heterocycles. The number of primary sulfonamides is 1. The summed E-state index contributed by atoms with van der Waals surface area (Å²) < 4.78 is 27.3. The molecule has 0 aromatic heterocycles. The lowest BCUT2D eigenvalue weighted by Crippen LogP contribution is -2.15. The number of nitrogens with one attached hydrogen (secondary N) is 1. The Labute approximate surface area is 113 Å². The van der Waals surface area contributed by atoms with E-state index in [0.29, 0.717) is 25.1 Å². The molecule has 19 heavy (non-hydrogen) atoms. The van der Waals surface area contributed by atoms with Gasteiger partial charge in [-0.15, -0.1) is 0 Å². The van der Waals surface area contributed by atoms with Gasteiger partial charge in [-0.2, -0.15) is 0 Å². The minimum absolute atomic E-state index is 0.0229. The molecule has 0 heterocycles. The van der Waals surface area contributed by atoms with Crippen LogP contribution in [0.2, 0.25) is 0 Å². The van der Waals surface area contributed by atoms with E-state index in [4.69, 9.17) is 9.88 Å². The molecular weight excluding hydrogens is 268 g/mol. The Bertz CT molecular complexity index is 555. The van der Waals surface area contributed by atoms with Crippen LogP contribution in [0.1, 0.15) is 18.4 Å². The number of hydrogen-bond donors (Lipinski definition) is 2. The summed E-state index contributed by atoms with van der Waals surface area (Å²) in [5, 5.41) is 7.71. The Hall–Kier alpha value is -1.44. The summed E-state index contributed by atoms with van der Waals surface area (Å²) in [5.41, 5.74) is 1.22. The molecule has 1 aromatic rings. The first-order valence-electron chi connectivity index (χ1n) is 5.77. The van der Waals surface area contributed by atoms with Gasteiger partial charge in [-0.25, -0.2) is 13.6 Å². The molecule has 0 aliphatic carbocycles. The molecule has 0 unspecified atom stereocenters. The molecule has 0 bridgehead atoms. The average molecular weight is 286 g/mol. The van der Waals surface area contributed by atoms with E-state index in [9.17, 15) is 13.2 Å². The number of carbonyl (C=O) groups is 1. The third-order valence-electron chi connectivity index (χ3n) is 2.56. The van der Waals surface area contributed by atoms with Gasteiger partial charge in [0.25, 0.3) is 0 Å². The number of ether oxygens (including phenoxy) is 1. The molecule has 0 atom stereocenters. The summed E-state index contributed by atoms with van der Waals surface area (Å²) in [5.74, 6) is -0.188. The highest BCUT2D eigenvalue weighted by Crippen LogP contribution is 2.19. The number of nitrogens with two attached hydrogens (primary N) is 1. The molecule has 7 heteroatoms. The normalized spacial score (nSPS) is 11.3. The fraction of sp³-hybridized carbons (Fsp3) is 0.417. The minimum atomic E-state index is -3.77. The summed E-state index contributed by atoms with van der Waals surface area (Å²) in [6, 6.07) is 4.37. The Balaban J connectivity index is 2.80. The molecular formula is C12H18N2O4S. The van der Waals surface area contributed by atoms with Crippen molar-refractivity contribution < 1.29 is 17.9 Å². The van der Waals surface area contributed by atoms with E-state index in [1.165, 1.54) is 12.1 Å². The first-order chi connectivity index (χ1) is 8.84. The second-order valence-corrected chi connectivity index (χ2v) is 5.73. The van der Waals surface area contributed by atoms with Gasteiger partial charge in [0.2, 0.25) is 15.9 Å². The summed E-state index contributed by atoms with van der Waals surface area (Å²) in [7, 11) is -2.20. The average Bonchev–Trinajstić information content (AvgIpc) is 2.31. The highest BCUT2D eigenvalue weighted by molar-refractivity contribution is 7.89. The van der Waals surface area contributed by atoms with E-state index < -0.39 is 10.0 Å². The number of carbonyl (C=O) groups excluding carboxylic acids is 1. The molecule has 0 spiro atoms. The largest absolute Gasteiger partial charge is 0.385 e.